The molecule has 5 rings (SSSR count). The molecule has 0 atom stereocenters. The minimum atomic E-state index is 1.21. The van der Waals surface area contributed by atoms with Crippen LogP contribution >= 0.6 is 22.7 Å². The van der Waals surface area contributed by atoms with Crippen LogP contribution in [0.15, 0.2) is 47.2 Å². The quantitative estimate of drug-likeness (QED) is 0.0529. The first-order chi connectivity index (χ1) is 21.8. The molecule has 238 valence electrons. The molecule has 0 aliphatic rings. The Morgan fingerprint density at radius 3 is 1.07 bits per heavy atom. The standard InChI is InChI=1S/C42H58S2/c1-3-5-7-9-11-13-15-17-19-21-23-33-31-39-37(41-35(33)27-29-43-41)25-26-38-40(39)32-34(36-28-30-44-42(36)38)24-22-20-18-16-14-12-10-8-6-4-2/h25-32H,3-24H2,1-2H3. The normalized spacial score (nSPS) is 12.0. The van der Waals surface area contributed by atoms with Crippen LogP contribution in [0.25, 0.3) is 41.7 Å². The van der Waals surface area contributed by atoms with Crippen molar-refractivity contribution in [1.82, 2.24) is 0 Å². The molecule has 2 aromatic heterocycles. The molecule has 0 nitrogen and oxygen atoms in total. The monoisotopic (exact) mass is 626 g/mol. The van der Waals surface area contributed by atoms with Crippen molar-refractivity contribution >= 4 is 64.4 Å². The zero-order valence-corrected chi connectivity index (χ0v) is 29.6. The number of hydrogen-bond donors (Lipinski definition) is 0. The van der Waals surface area contributed by atoms with Gasteiger partial charge in [-0.25, -0.2) is 0 Å². The van der Waals surface area contributed by atoms with Crippen LogP contribution in [0, 0.1) is 0 Å². The lowest BCUT2D eigenvalue weighted by atomic mass is 9.92. The highest BCUT2D eigenvalue weighted by Gasteiger charge is 2.14. The van der Waals surface area contributed by atoms with E-state index in [2.05, 4.69) is 61.0 Å². The minimum absolute atomic E-state index is 1.21. The van der Waals surface area contributed by atoms with Crippen molar-refractivity contribution in [2.24, 2.45) is 0 Å². The van der Waals surface area contributed by atoms with Gasteiger partial charge in [0.05, 0.1) is 0 Å². The van der Waals surface area contributed by atoms with E-state index in [9.17, 15) is 0 Å². The maximum Gasteiger partial charge on any atom is 0.0424 e. The molecule has 0 N–H and O–H groups in total. The molecule has 44 heavy (non-hydrogen) atoms. The maximum absolute atomic E-state index is 2.59. The molecular formula is C42H58S2. The Bertz CT molecular complexity index is 1430. The molecule has 5 aromatic rings. The third-order valence-electron chi connectivity index (χ3n) is 10.0. The first-order valence-corrected chi connectivity index (χ1v) is 20.3. The van der Waals surface area contributed by atoms with Crippen LogP contribution in [-0.4, -0.2) is 0 Å². The van der Waals surface area contributed by atoms with E-state index in [1.165, 1.54) is 183 Å². The highest BCUT2D eigenvalue weighted by Crippen LogP contribution is 2.41. The number of aryl methyl sites for hydroxylation is 2. The van der Waals surface area contributed by atoms with Crippen LogP contribution in [0.1, 0.15) is 153 Å². The summed E-state index contributed by atoms with van der Waals surface area (Å²) in [6, 6.07) is 14.8. The van der Waals surface area contributed by atoms with Gasteiger partial charge in [0, 0.05) is 20.2 Å². The molecular weight excluding hydrogens is 569 g/mol. The van der Waals surface area contributed by atoms with E-state index in [0.29, 0.717) is 0 Å². The molecule has 0 aliphatic heterocycles. The van der Waals surface area contributed by atoms with Gasteiger partial charge in [-0.15, -0.1) is 22.7 Å². The number of benzene rings is 3. The largest absolute Gasteiger partial charge is 0.143 e. The van der Waals surface area contributed by atoms with Gasteiger partial charge in [0.15, 0.2) is 0 Å². The fourth-order valence-corrected chi connectivity index (χ4v) is 9.35. The number of thiophene rings is 2. The molecule has 0 saturated carbocycles. The summed E-state index contributed by atoms with van der Waals surface area (Å²) in [5, 5.41) is 13.5. The summed E-state index contributed by atoms with van der Waals surface area (Å²) in [6.45, 7) is 4.61. The third kappa shape index (κ3) is 8.88. The molecule has 0 amide bonds. The van der Waals surface area contributed by atoms with Crippen molar-refractivity contribution in [3.63, 3.8) is 0 Å². The average molecular weight is 627 g/mol. The third-order valence-corrected chi connectivity index (χ3v) is 11.9. The van der Waals surface area contributed by atoms with Gasteiger partial charge in [0.25, 0.3) is 0 Å². The molecule has 0 fully saturated rings. The Hall–Kier alpha value is -1.90. The molecule has 0 saturated heterocycles. The summed E-state index contributed by atoms with van der Waals surface area (Å²) >= 11 is 3.88. The van der Waals surface area contributed by atoms with Crippen LogP contribution in [0.3, 0.4) is 0 Å². The van der Waals surface area contributed by atoms with Gasteiger partial charge in [-0.3, -0.25) is 0 Å². The Kier molecular flexibility index (Phi) is 13.9. The number of unbranched alkanes of at least 4 members (excludes halogenated alkanes) is 18. The predicted octanol–water partition coefficient (Wildman–Crippen LogP) is 15.3. The first kappa shape index (κ1) is 33.5. The Morgan fingerprint density at radius 1 is 0.364 bits per heavy atom. The Balaban J connectivity index is 1.25. The van der Waals surface area contributed by atoms with E-state index in [-0.39, 0.29) is 0 Å². The fraction of sp³-hybridized carbons (Fsp3) is 0.571. The Morgan fingerprint density at radius 2 is 0.705 bits per heavy atom. The molecule has 0 unspecified atom stereocenters. The summed E-state index contributed by atoms with van der Waals surface area (Å²) in [5.74, 6) is 0. The van der Waals surface area contributed by atoms with Crippen LogP contribution in [0.4, 0.5) is 0 Å². The van der Waals surface area contributed by atoms with Crippen LogP contribution in [0.5, 0.6) is 0 Å². The van der Waals surface area contributed by atoms with Crippen molar-refractivity contribution < 1.29 is 0 Å². The Labute approximate surface area is 276 Å². The fourth-order valence-electron chi connectivity index (χ4n) is 7.41. The maximum atomic E-state index is 2.59. The molecule has 0 spiro atoms. The van der Waals surface area contributed by atoms with Crippen LogP contribution < -0.4 is 0 Å². The van der Waals surface area contributed by atoms with Gasteiger partial charge >= 0.3 is 0 Å². The topological polar surface area (TPSA) is 0 Å². The lowest BCUT2D eigenvalue weighted by Gasteiger charge is -2.13. The van der Waals surface area contributed by atoms with Crippen molar-refractivity contribution in [2.75, 3.05) is 0 Å². The first-order valence-electron chi connectivity index (χ1n) is 18.6. The second kappa shape index (κ2) is 18.3. The number of rotatable bonds is 22. The van der Waals surface area contributed by atoms with Gasteiger partial charge in [0.1, 0.15) is 0 Å². The smallest absolute Gasteiger partial charge is 0.0424 e. The van der Waals surface area contributed by atoms with Crippen molar-refractivity contribution in [2.45, 2.75) is 155 Å². The number of fused-ring (bicyclic) bond motifs is 7. The second-order valence-electron chi connectivity index (χ2n) is 13.5. The van der Waals surface area contributed by atoms with Gasteiger partial charge in [-0.1, -0.05) is 142 Å². The molecule has 0 aliphatic carbocycles. The highest BCUT2D eigenvalue weighted by atomic mass is 32.1. The number of hydrogen-bond acceptors (Lipinski definition) is 2. The molecule has 0 radical (unpaired) electrons. The second-order valence-corrected chi connectivity index (χ2v) is 15.4. The summed E-state index contributed by atoms with van der Waals surface area (Å²) in [7, 11) is 0. The van der Waals surface area contributed by atoms with Gasteiger partial charge in [-0.05, 0) is 93.4 Å². The molecule has 3 aromatic carbocycles. The van der Waals surface area contributed by atoms with Crippen LogP contribution in [0.2, 0.25) is 0 Å². The van der Waals surface area contributed by atoms with Crippen molar-refractivity contribution in [3.05, 3.63) is 58.3 Å². The SMILES string of the molecule is CCCCCCCCCCCCc1cc2c3cc(CCCCCCCCCCCC)c4ccsc4c3ccc2c2sccc12. The average Bonchev–Trinajstić information content (AvgIpc) is 3.74. The molecule has 2 heterocycles. The van der Waals surface area contributed by atoms with Crippen LogP contribution in [-0.2, 0) is 12.8 Å². The zero-order valence-electron chi connectivity index (χ0n) is 28.0. The van der Waals surface area contributed by atoms with Gasteiger partial charge in [-0.2, -0.15) is 0 Å². The van der Waals surface area contributed by atoms with E-state index in [1.54, 1.807) is 11.1 Å². The zero-order chi connectivity index (χ0) is 30.4. The van der Waals surface area contributed by atoms with Crippen molar-refractivity contribution in [1.29, 1.82) is 0 Å². The lowest BCUT2D eigenvalue weighted by Crippen LogP contribution is -1.92. The highest BCUT2D eigenvalue weighted by molar-refractivity contribution is 7.18. The molecule has 2 heteroatoms. The summed E-state index contributed by atoms with van der Waals surface area (Å²) in [6.07, 6.45) is 30.4. The summed E-state index contributed by atoms with van der Waals surface area (Å²) < 4.78 is 2.99. The molecule has 0 bridgehead atoms. The van der Waals surface area contributed by atoms with E-state index >= 15 is 0 Å². The van der Waals surface area contributed by atoms with E-state index < -0.39 is 0 Å². The van der Waals surface area contributed by atoms with Gasteiger partial charge in [0.2, 0.25) is 0 Å². The van der Waals surface area contributed by atoms with Gasteiger partial charge < -0.3 is 0 Å². The van der Waals surface area contributed by atoms with E-state index in [4.69, 9.17) is 0 Å². The summed E-state index contributed by atoms with van der Waals surface area (Å²) in [4.78, 5) is 0. The lowest BCUT2D eigenvalue weighted by molar-refractivity contribution is 0.556. The van der Waals surface area contributed by atoms with E-state index in [1.807, 2.05) is 22.7 Å². The van der Waals surface area contributed by atoms with E-state index in [0.717, 1.165) is 0 Å². The summed E-state index contributed by atoms with van der Waals surface area (Å²) in [5.41, 5.74) is 3.15. The minimum Gasteiger partial charge on any atom is -0.143 e. The van der Waals surface area contributed by atoms with Crippen molar-refractivity contribution in [3.8, 4) is 0 Å². The predicted molar refractivity (Wildman–Crippen MR) is 203 cm³/mol.